The summed E-state index contributed by atoms with van der Waals surface area (Å²) < 4.78 is 18.2. The number of ether oxygens (including phenoxy) is 1. The van der Waals surface area contributed by atoms with Crippen molar-refractivity contribution in [2.45, 2.75) is 19.4 Å². The Morgan fingerprint density at radius 1 is 1.56 bits per heavy atom. The molecule has 0 amide bonds. The Bertz CT molecular complexity index is 387. The highest BCUT2D eigenvalue weighted by Crippen LogP contribution is 2.15. The highest BCUT2D eigenvalue weighted by molar-refractivity contribution is 5.48. The Morgan fingerprint density at radius 3 is 2.88 bits per heavy atom. The first-order chi connectivity index (χ1) is 7.67. The molecule has 0 aromatic heterocycles. The molecule has 0 spiro atoms. The molecule has 0 aliphatic heterocycles. The van der Waals surface area contributed by atoms with E-state index in [-0.39, 0.29) is 11.6 Å². The smallest absolute Gasteiger partial charge is 0.143 e. The number of methoxy groups -OCH3 is 1. The number of nitrogens with zero attached hydrogens (tertiary/aromatic N) is 1. The first-order valence-electron chi connectivity index (χ1n) is 5.12. The minimum Gasteiger partial charge on any atom is -0.385 e. The second-order valence-corrected chi connectivity index (χ2v) is 3.63. The minimum absolute atomic E-state index is 0.0649. The van der Waals surface area contributed by atoms with Crippen LogP contribution in [0.1, 0.15) is 18.9 Å². The lowest BCUT2D eigenvalue weighted by Gasteiger charge is -2.14. The summed E-state index contributed by atoms with van der Waals surface area (Å²) in [6.45, 7) is 2.65. The van der Waals surface area contributed by atoms with Crippen LogP contribution in [-0.2, 0) is 4.74 Å². The molecule has 0 fully saturated rings. The Labute approximate surface area is 94.8 Å². The summed E-state index contributed by atoms with van der Waals surface area (Å²) in [6.07, 6.45) is 0.845. The summed E-state index contributed by atoms with van der Waals surface area (Å²) in [5, 5.41) is 11.7. The van der Waals surface area contributed by atoms with Crippen LogP contribution in [0.5, 0.6) is 0 Å². The van der Waals surface area contributed by atoms with Crippen molar-refractivity contribution >= 4 is 5.69 Å². The zero-order valence-corrected chi connectivity index (χ0v) is 9.46. The van der Waals surface area contributed by atoms with Gasteiger partial charge in [0, 0.05) is 25.4 Å². The fourth-order valence-electron chi connectivity index (χ4n) is 1.35. The van der Waals surface area contributed by atoms with Gasteiger partial charge in [0.2, 0.25) is 0 Å². The van der Waals surface area contributed by atoms with E-state index < -0.39 is 5.82 Å². The largest absolute Gasteiger partial charge is 0.385 e. The monoisotopic (exact) mass is 222 g/mol. The van der Waals surface area contributed by atoms with Crippen LogP contribution in [0.3, 0.4) is 0 Å². The van der Waals surface area contributed by atoms with Crippen molar-refractivity contribution in [3.63, 3.8) is 0 Å². The number of nitrogens with one attached hydrogen (secondary N) is 1. The van der Waals surface area contributed by atoms with Crippen LogP contribution in [0.4, 0.5) is 10.1 Å². The molecule has 4 heteroatoms. The van der Waals surface area contributed by atoms with Crippen molar-refractivity contribution in [2.24, 2.45) is 0 Å². The number of halogens is 1. The van der Waals surface area contributed by atoms with E-state index >= 15 is 0 Å². The zero-order chi connectivity index (χ0) is 12.0. The van der Waals surface area contributed by atoms with Crippen molar-refractivity contribution in [2.75, 3.05) is 19.0 Å². The maximum atomic E-state index is 13.3. The van der Waals surface area contributed by atoms with Crippen molar-refractivity contribution in [3.05, 3.63) is 29.6 Å². The van der Waals surface area contributed by atoms with Crippen LogP contribution in [-0.4, -0.2) is 19.8 Å². The molecular formula is C12H15FN2O. The SMILES string of the molecule is COCCC(C)Nc1ccc(C#N)c(F)c1. The van der Waals surface area contributed by atoms with E-state index in [4.69, 9.17) is 10.00 Å². The average Bonchev–Trinajstić information content (AvgIpc) is 2.26. The Kier molecular flexibility index (Phi) is 4.74. The predicted octanol–water partition coefficient (Wildman–Crippen LogP) is 2.53. The molecule has 0 bridgehead atoms. The number of nitriles is 1. The van der Waals surface area contributed by atoms with Crippen LogP contribution < -0.4 is 5.32 Å². The summed E-state index contributed by atoms with van der Waals surface area (Å²) in [5.74, 6) is -0.494. The molecule has 1 aromatic carbocycles. The van der Waals surface area contributed by atoms with Crippen molar-refractivity contribution in [3.8, 4) is 6.07 Å². The van der Waals surface area contributed by atoms with Gasteiger partial charge in [-0.25, -0.2) is 4.39 Å². The Balaban J connectivity index is 2.61. The molecule has 0 heterocycles. The lowest BCUT2D eigenvalue weighted by atomic mass is 10.2. The van der Waals surface area contributed by atoms with Crippen molar-refractivity contribution in [1.29, 1.82) is 5.26 Å². The number of rotatable bonds is 5. The van der Waals surface area contributed by atoms with E-state index in [1.165, 1.54) is 12.1 Å². The number of benzene rings is 1. The normalized spacial score (nSPS) is 11.9. The van der Waals surface area contributed by atoms with Gasteiger partial charge in [-0.3, -0.25) is 0 Å². The highest BCUT2D eigenvalue weighted by Gasteiger charge is 2.05. The van der Waals surface area contributed by atoms with Gasteiger partial charge < -0.3 is 10.1 Å². The fraction of sp³-hybridized carbons (Fsp3) is 0.417. The molecule has 86 valence electrons. The second-order valence-electron chi connectivity index (χ2n) is 3.63. The van der Waals surface area contributed by atoms with Crippen LogP contribution in [0.15, 0.2) is 18.2 Å². The van der Waals surface area contributed by atoms with Crippen molar-refractivity contribution in [1.82, 2.24) is 0 Å². The second kappa shape index (κ2) is 6.09. The van der Waals surface area contributed by atoms with E-state index in [0.717, 1.165) is 6.42 Å². The van der Waals surface area contributed by atoms with Crippen LogP contribution >= 0.6 is 0 Å². The highest BCUT2D eigenvalue weighted by atomic mass is 19.1. The summed E-state index contributed by atoms with van der Waals surface area (Å²) in [7, 11) is 1.65. The average molecular weight is 222 g/mol. The van der Waals surface area contributed by atoms with Gasteiger partial charge in [-0.2, -0.15) is 5.26 Å². The summed E-state index contributed by atoms with van der Waals surface area (Å²) in [4.78, 5) is 0. The number of hydrogen-bond acceptors (Lipinski definition) is 3. The molecule has 1 unspecified atom stereocenters. The van der Waals surface area contributed by atoms with Crippen LogP contribution in [0.25, 0.3) is 0 Å². The topological polar surface area (TPSA) is 45.0 Å². The summed E-state index contributed by atoms with van der Waals surface area (Å²) in [5.41, 5.74) is 0.746. The van der Waals surface area contributed by atoms with Gasteiger partial charge >= 0.3 is 0 Å². The lowest BCUT2D eigenvalue weighted by molar-refractivity contribution is 0.191. The molecule has 1 atom stereocenters. The van der Waals surface area contributed by atoms with Crippen LogP contribution in [0.2, 0.25) is 0 Å². The summed E-state index contributed by atoms with van der Waals surface area (Å²) >= 11 is 0. The summed E-state index contributed by atoms with van der Waals surface area (Å²) in [6, 6.07) is 6.50. The third-order valence-electron chi connectivity index (χ3n) is 2.26. The van der Waals surface area contributed by atoms with E-state index in [0.29, 0.717) is 12.3 Å². The first kappa shape index (κ1) is 12.5. The van der Waals surface area contributed by atoms with Gasteiger partial charge in [0.25, 0.3) is 0 Å². The fourth-order valence-corrected chi connectivity index (χ4v) is 1.35. The molecule has 0 saturated carbocycles. The molecule has 0 radical (unpaired) electrons. The Hall–Kier alpha value is -1.60. The van der Waals surface area contributed by atoms with Crippen LogP contribution in [0, 0.1) is 17.1 Å². The molecular weight excluding hydrogens is 207 g/mol. The van der Waals surface area contributed by atoms with Gasteiger partial charge in [-0.15, -0.1) is 0 Å². The quantitative estimate of drug-likeness (QED) is 0.832. The van der Waals surface area contributed by atoms with E-state index in [9.17, 15) is 4.39 Å². The third kappa shape index (κ3) is 3.52. The zero-order valence-electron chi connectivity index (χ0n) is 9.46. The maximum absolute atomic E-state index is 13.3. The molecule has 0 saturated heterocycles. The van der Waals surface area contributed by atoms with E-state index in [1.54, 1.807) is 19.2 Å². The molecule has 3 nitrogen and oxygen atoms in total. The van der Waals surface area contributed by atoms with Gasteiger partial charge in [-0.1, -0.05) is 0 Å². The van der Waals surface area contributed by atoms with E-state index in [2.05, 4.69) is 5.32 Å². The van der Waals surface area contributed by atoms with E-state index in [1.807, 2.05) is 6.92 Å². The van der Waals surface area contributed by atoms with Crippen molar-refractivity contribution < 1.29 is 9.13 Å². The van der Waals surface area contributed by atoms with Gasteiger partial charge in [-0.05, 0) is 31.5 Å². The molecule has 1 rings (SSSR count). The Morgan fingerprint density at radius 2 is 2.31 bits per heavy atom. The van der Waals surface area contributed by atoms with Gasteiger partial charge in [0.05, 0.1) is 5.56 Å². The molecule has 1 aromatic rings. The molecule has 0 aliphatic rings. The standard InChI is InChI=1S/C12H15FN2O/c1-9(5-6-16-2)15-11-4-3-10(8-14)12(13)7-11/h3-4,7,9,15H,5-6H2,1-2H3. The molecule has 0 aliphatic carbocycles. The first-order valence-corrected chi connectivity index (χ1v) is 5.12. The van der Waals surface area contributed by atoms with Gasteiger partial charge in [0.15, 0.2) is 0 Å². The molecule has 1 N–H and O–H groups in total. The lowest BCUT2D eigenvalue weighted by Crippen LogP contribution is -2.17. The third-order valence-corrected chi connectivity index (χ3v) is 2.26. The number of hydrogen-bond donors (Lipinski definition) is 1. The van der Waals surface area contributed by atoms with Gasteiger partial charge in [0.1, 0.15) is 11.9 Å². The predicted molar refractivity (Wildman–Crippen MR) is 60.7 cm³/mol. The minimum atomic E-state index is -0.494. The number of anilines is 1. The molecule has 16 heavy (non-hydrogen) atoms. The maximum Gasteiger partial charge on any atom is 0.143 e.